The van der Waals surface area contributed by atoms with Crippen LogP contribution in [-0.4, -0.2) is 41.0 Å². The number of rotatable bonds is 3. The van der Waals surface area contributed by atoms with Gasteiger partial charge in [-0.25, -0.2) is 9.59 Å². The van der Waals surface area contributed by atoms with E-state index in [0.29, 0.717) is 19.4 Å². The van der Waals surface area contributed by atoms with E-state index in [1.807, 2.05) is 0 Å². The molecule has 4 N–H and O–H groups in total. The Morgan fingerprint density at radius 2 is 2.00 bits per heavy atom. The molecule has 112 valence electrons. The molecular weight excluding hydrogens is 274 g/mol. The van der Waals surface area contributed by atoms with Crippen LogP contribution in [0.25, 0.3) is 0 Å². The predicted molar refractivity (Wildman–Crippen MR) is 75.9 cm³/mol. The second kappa shape index (κ2) is 6.25. The van der Waals surface area contributed by atoms with Gasteiger partial charge in [-0.1, -0.05) is 12.1 Å². The van der Waals surface area contributed by atoms with Gasteiger partial charge in [0.15, 0.2) is 0 Å². The second-order valence-corrected chi connectivity index (χ2v) is 4.97. The first-order valence-electron chi connectivity index (χ1n) is 6.66. The van der Waals surface area contributed by atoms with Gasteiger partial charge in [0.25, 0.3) is 0 Å². The van der Waals surface area contributed by atoms with E-state index in [1.54, 1.807) is 12.1 Å². The highest BCUT2D eigenvalue weighted by Gasteiger charge is 2.27. The average Bonchev–Trinajstić information content (AvgIpc) is 2.47. The molecule has 0 saturated carbocycles. The van der Waals surface area contributed by atoms with E-state index in [0.717, 1.165) is 0 Å². The molecule has 0 aliphatic carbocycles. The maximum absolute atomic E-state index is 12.2. The van der Waals surface area contributed by atoms with Crippen molar-refractivity contribution in [1.82, 2.24) is 4.90 Å². The molecule has 1 unspecified atom stereocenters. The number of nitrogens with zero attached hydrogens (tertiary/aromatic N) is 1. The number of hydrogen-bond acceptors (Lipinski definition) is 3. The Hall–Kier alpha value is -2.57. The lowest BCUT2D eigenvalue weighted by Gasteiger charge is -2.31. The van der Waals surface area contributed by atoms with Crippen LogP contribution >= 0.6 is 0 Å². The molecule has 2 rings (SSSR count). The van der Waals surface area contributed by atoms with Gasteiger partial charge >= 0.3 is 12.0 Å². The molecule has 1 saturated heterocycles. The van der Waals surface area contributed by atoms with Gasteiger partial charge in [0, 0.05) is 13.1 Å². The number of hydrogen-bond donors (Lipinski definition) is 3. The minimum Gasteiger partial charge on any atom is -0.478 e. The quantitative estimate of drug-likeness (QED) is 0.774. The van der Waals surface area contributed by atoms with Crippen LogP contribution in [0.4, 0.5) is 10.5 Å². The normalized spacial score (nSPS) is 18.1. The molecule has 7 heteroatoms. The number of aromatic carboxylic acids is 1. The van der Waals surface area contributed by atoms with Gasteiger partial charge in [-0.2, -0.15) is 0 Å². The number of carbonyl (C=O) groups excluding carboxylic acids is 2. The Bertz CT molecular complexity index is 573. The summed E-state index contributed by atoms with van der Waals surface area (Å²) in [5.74, 6) is -1.88. The predicted octanol–water partition coefficient (Wildman–Crippen LogP) is 1.11. The lowest BCUT2D eigenvalue weighted by Crippen LogP contribution is -2.45. The first-order chi connectivity index (χ1) is 9.99. The molecule has 1 aliphatic heterocycles. The molecule has 1 atom stereocenters. The van der Waals surface area contributed by atoms with Crippen molar-refractivity contribution in [2.24, 2.45) is 11.7 Å². The van der Waals surface area contributed by atoms with Crippen LogP contribution in [0.15, 0.2) is 24.3 Å². The third kappa shape index (κ3) is 3.50. The van der Waals surface area contributed by atoms with Crippen molar-refractivity contribution < 1.29 is 19.5 Å². The van der Waals surface area contributed by atoms with Crippen molar-refractivity contribution in [3.8, 4) is 0 Å². The maximum Gasteiger partial charge on any atom is 0.337 e. The van der Waals surface area contributed by atoms with Crippen LogP contribution in [0.2, 0.25) is 0 Å². The number of para-hydroxylation sites is 1. The van der Waals surface area contributed by atoms with Crippen LogP contribution in [0.1, 0.15) is 23.2 Å². The van der Waals surface area contributed by atoms with E-state index in [1.165, 1.54) is 17.0 Å². The van der Waals surface area contributed by atoms with Crippen LogP contribution in [0.5, 0.6) is 0 Å². The molecule has 1 aromatic rings. The summed E-state index contributed by atoms with van der Waals surface area (Å²) in [6.07, 6.45) is 1.37. The standard InChI is InChI=1S/C14H17N3O4/c15-12(18)9-4-3-7-17(8-9)14(21)16-11-6-2-1-5-10(11)13(19)20/h1-2,5-6,9H,3-4,7-8H2,(H2,15,18)(H,16,21)(H,19,20). The van der Waals surface area contributed by atoms with Gasteiger partial charge in [0.2, 0.25) is 5.91 Å². The zero-order valence-electron chi connectivity index (χ0n) is 11.4. The summed E-state index contributed by atoms with van der Waals surface area (Å²) < 4.78 is 0. The molecule has 1 heterocycles. The van der Waals surface area contributed by atoms with Gasteiger partial charge < -0.3 is 21.1 Å². The number of nitrogens with one attached hydrogen (secondary N) is 1. The number of carboxylic acid groups (broad SMARTS) is 1. The smallest absolute Gasteiger partial charge is 0.337 e. The number of carboxylic acids is 1. The Kier molecular flexibility index (Phi) is 4.42. The first kappa shape index (κ1) is 14.8. The molecule has 0 bridgehead atoms. The van der Waals surface area contributed by atoms with Crippen LogP contribution < -0.4 is 11.1 Å². The topological polar surface area (TPSA) is 113 Å². The second-order valence-electron chi connectivity index (χ2n) is 4.97. The average molecular weight is 291 g/mol. The summed E-state index contributed by atoms with van der Waals surface area (Å²) in [6, 6.07) is 5.75. The minimum atomic E-state index is -1.11. The Labute approximate surface area is 121 Å². The van der Waals surface area contributed by atoms with Crippen molar-refractivity contribution in [3.63, 3.8) is 0 Å². The number of piperidine rings is 1. The van der Waals surface area contributed by atoms with E-state index in [2.05, 4.69) is 5.32 Å². The third-order valence-corrected chi connectivity index (χ3v) is 3.51. The highest BCUT2D eigenvalue weighted by molar-refractivity contribution is 6.00. The lowest BCUT2D eigenvalue weighted by molar-refractivity contribution is -0.123. The highest BCUT2D eigenvalue weighted by Crippen LogP contribution is 2.19. The van der Waals surface area contributed by atoms with Gasteiger partial charge in [-0.15, -0.1) is 0 Å². The van der Waals surface area contributed by atoms with Crippen molar-refractivity contribution in [3.05, 3.63) is 29.8 Å². The molecule has 0 radical (unpaired) electrons. The minimum absolute atomic E-state index is 0.0225. The van der Waals surface area contributed by atoms with Gasteiger partial charge in [-0.05, 0) is 25.0 Å². The molecule has 1 aromatic carbocycles. The summed E-state index contributed by atoms with van der Waals surface area (Å²) in [5, 5.41) is 11.7. The molecule has 1 aliphatic rings. The fourth-order valence-electron chi connectivity index (χ4n) is 2.37. The van der Waals surface area contributed by atoms with E-state index in [4.69, 9.17) is 10.8 Å². The Morgan fingerprint density at radius 1 is 1.29 bits per heavy atom. The first-order valence-corrected chi connectivity index (χ1v) is 6.66. The van der Waals surface area contributed by atoms with Crippen LogP contribution in [0.3, 0.4) is 0 Å². The number of nitrogens with two attached hydrogens (primary N) is 1. The van der Waals surface area contributed by atoms with E-state index < -0.39 is 17.9 Å². The fraction of sp³-hybridized carbons (Fsp3) is 0.357. The van der Waals surface area contributed by atoms with Crippen molar-refractivity contribution in [1.29, 1.82) is 0 Å². The summed E-state index contributed by atoms with van der Waals surface area (Å²) >= 11 is 0. The SMILES string of the molecule is NC(=O)C1CCCN(C(=O)Nc2ccccc2C(=O)O)C1. The maximum atomic E-state index is 12.2. The van der Waals surface area contributed by atoms with Crippen LogP contribution in [-0.2, 0) is 4.79 Å². The molecular formula is C14H17N3O4. The summed E-state index contributed by atoms with van der Waals surface area (Å²) in [5.41, 5.74) is 5.53. The van der Waals surface area contributed by atoms with E-state index >= 15 is 0 Å². The molecule has 3 amide bonds. The highest BCUT2D eigenvalue weighted by atomic mass is 16.4. The largest absolute Gasteiger partial charge is 0.478 e. The lowest BCUT2D eigenvalue weighted by atomic mass is 9.98. The number of primary amides is 1. The fourth-order valence-corrected chi connectivity index (χ4v) is 2.37. The monoisotopic (exact) mass is 291 g/mol. The zero-order chi connectivity index (χ0) is 15.4. The van der Waals surface area contributed by atoms with E-state index in [9.17, 15) is 14.4 Å². The summed E-state index contributed by atoms with van der Waals surface area (Å²) in [4.78, 5) is 36.0. The van der Waals surface area contributed by atoms with E-state index in [-0.39, 0.29) is 23.7 Å². The molecule has 21 heavy (non-hydrogen) atoms. The number of carbonyl (C=O) groups is 3. The van der Waals surface area contributed by atoms with Gasteiger partial charge in [0.05, 0.1) is 17.2 Å². The molecule has 0 aromatic heterocycles. The van der Waals surface area contributed by atoms with Crippen molar-refractivity contribution in [2.75, 3.05) is 18.4 Å². The van der Waals surface area contributed by atoms with Gasteiger partial charge in [-0.3, -0.25) is 4.79 Å². The number of urea groups is 1. The number of likely N-dealkylation sites (tertiary alicyclic amines) is 1. The van der Waals surface area contributed by atoms with Gasteiger partial charge in [0.1, 0.15) is 0 Å². The number of benzene rings is 1. The third-order valence-electron chi connectivity index (χ3n) is 3.51. The zero-order valence-corrected chi connectivity index (χ0v) is 11.4. The number of amides is 3. The summed E-state index contributed by atoms with van der Waals surface area (Å²) in [6.45, 7) is 0.779. The number of anilines is 1. The Morgan fingerprint density at radius 3 is 2.67 bits per heavy atom. The Balaban J connectivity index is 2.08. The molecule has 7 nitrogen and oxygen atoms in total. The van der Waals surface area contributed by atoms with Crippen LogP contribution in [0, 0.1) is 5.92 Å². The van der Waals surface area contributed by atoms with Crippen molar-refractivity contribution in [2.45, 2.75) is 12.8 Å². The van der Waals surface area contributed by atoms with Crippen molar-refractivity contribution >= 4 is 23.6 Å². The molecule has 0 spiro atoms. The molecule has 1 fully saturated rings. The summed E-state index contributed by atoms with van der Waals surface area (Å²) in [7, 11) is 0.